The average molecular weight is 326 g/mol. The van der Waals surface area contributed by atoms with Crippen LogP contribution in [0.5, 0.6) is 5.88 Å². The Bertz CT molecular complexity index is 718. The lowest BCUT2D eigenvalue weighted by Crippen LogP contribution is -2.31. The molecule has 1 saturated heterocycles. The van der Waals surface area contributed by atoms with Gasteiger partial charge in [-0.2, -0.15) is 0 Å². The fraction of sp³-hybridized carbons (Fsp3) is 0.294. The number of carbonyl (C=O) groups is 2. The van der Waals surface area contributed by atoms with E-state index in [1.54, 1.807) is 35.4 Å². The molecule has 1 N–H and O–H groups in total. The summed E-state index contributed by atoms with van der Waals surface area (Å²) in [6.07, 6.45) is 3.74. The Morgan fingerprint density at radius 2 is 2.12 bits per heavy atom. The molecule has 1 atom stereocenters. The van der Waals surface area contributed by atoms with E-state index in [4.69, 9.17) is 4.74 Å². The average Bonchev–Trinajstić information content (AvgIpc) is 3.12. The molecular weight excluding hydrogens is 308 g/mol. The van der Waals surface area contributed by atoms with Crippen molar-refractivity contribution in [2.45, 2.75) is 6.42 Å². The summed E-state index contributed by atoms with van der Waals surface area (Å²) in [4.78, 5) is 34.5. The number of rotatable bonds is 4. The molecule has 0 aliphatic carbocycles. The van der Waals surface area contributed by atoms with Gasteiger partial charge >= 0.3 is 0 Å². The molecule has 1 aliphatic heterocycles. The van der Waals surface area contributed by atoms with Crippen LogP contribution in [0.25, 0.3) is 0 Å². The van der Waals surface area contributed by atoms with E-state index in [0.29, 0.717) is 36.8 Å². The van der Waals surface area contributed by atoms with Crippen LogP contribution in [-0.2, 0) is 4.79 Å². The standard InChI is InChI=1S/C17H18N4O3/c1-24-15-6-5-12(10-19-15)17(23)21-9-7-13(11-21)16(22)20-14-4-2-3-8-18-14/h2-6,8,10,13H,7,9,11H2,1H3,(H,18,20,22). The van der Waals surface area contributed by atoms with Gasteiger partial charge in [-0.15, -0.1) is 0 Å². The molecule has 1 aliphatic rings. The molecule has 1 fully saturated rings. The van der Waals surface area contributed by atoms with Crippen molar-refractivity contribution in [3.8, 4) is 5.88 Å². The van der Waals surface area contributed by atoms with E-state index in [1.807, 2.05) is 6.07 Å². The monoisotopic (exact) mass is 326 g/mol. The van der Waals surface area contributed by atoms with Crippen LogP contribution in [0.4, 0.5) is 5.82 Å². The Balaban J connectivity index is 1.59. The summed E-state index contributed by atoms with van der Waals surface area (Å²) in [7, 11) is 1.52. The molecule has 2 amide bonds. The first-order valence-electron chi connectivity index (χ1n) is 7.68. The number of hydrogen-bond donors (Lipinski definition) is 1. The zero-order valence-corrected chi connectivity index (χ0v) is 13.3. The molecule has 0 radical (unpaired) electrons. The minimum Gasteiger partial charge on any atom is -0.481 e. The third kappa shape index (κ3) is 3.51. The zero-order chi connectivity index (χ0) is 16.9. The van der Waals surface area contributed by atoms with Gasteiger partial charge in [0, 0.05) is 31.5 Å². The fourth-order valence-corrected chi connectivity index (χ4v) is 2.63. The highest BCUT2D eigenvalue weighted by Gasteiger charge is 2.31. The fourth-order valence-electron chi connectivity index (χ4n) is 2.63. The Labute approximate surface area is 139 Å². The largest absolute Gasteiger partial charge is 0.481 e. The molecule has 3 heterocycles. The van der Waals surface area contributed by atoms with Gasteiger partial charge in [0.15, 0.2) is 0 Å². The summed E-state index contributed by atoms with van der Waals surface area (Å²) in [5, 5.41) is 2.78. The third-order valence-corrected chi connectivity index (χ3v) is 3.95. The van der Waals surface area contributed by atoms with Crippen molar-refractivity contribution in [2.75, 3.05) is 25.5 Å². The summed E-state index contributed by atoms with van der Waals surface area (Å²) in [6, 6.07) is 8.65. The maximum atomic E-state index is 12.5. The van der Waals surface area contributed by atoms with Crippen molar-refractivity contribution in [1.82, 2.24) is 14.9 Å². The highest BCUT2D eigenvalue weighted by molar-refractivity contribution is 5.96. The number of hydrogen-bond acceptors (Lipinski definition) is 5. The van der Waals surface area contributed by atoms with Crippen molar-refractivity contribution in [1.29, 1.82) is 0 Å². The van der Waals surface area contributed by atoms with Gasteiger partial charge in [-0.05, 0) is 24.6 Å². The van der Waals surface area contributed by atoms with Gasteiger partial charge < -0.3 is 15.0 Å². The first-order valence-corrected chi connectivity index (χ1v) is 7.68. The van der Waals surface area contributed by atoms with E-state index in [1.165, 1.54) is 13.3 Å². The van der Waals surface area contributed by atoms with Crippen LogP contribution in [0, 0.1) is 5.92 Å². The van der Waals surface area contributed by atoms with Crippen molar-refractivity contribution in [3.63, 3.8) is 0 Å². The number of nitrogens with one attached hydrogen (secondary N) is 1. The summed E-state index contributed by atoms with van der Waals surface area (Å²) in [5.41, 5.74) is 0.488. The van der Waals surface area contributed by atoms with E-state index < -0.39 is 0 Å². The quantitative estimate of drug-likeness (QED) is 0.922. The van der Waals surface area contributed by atoms with Gasteiger partial charge in [0.2, 0.25) is 11.8 Å². The van der Waals surface area contributed by atoms with E-state index in [0.717, 1.165) is 0 Å². The molecule has 1 unspecified atom stereocenters. The van der Waals surface area contributed by atoms with Crippen LogP contribution in [-0.4, -0.2) is 46.9 Å². The van der Waals surface area contributed by atoms with E-state index in [2.05, 4.69) is 15.3 Å². The predicted octanol–water partition coefficient (Wildman–Crippen LogP) is 1.59. The lowest BCUT2D eigenvalue weighted by atomic mass is 10.1. The maximum absolute atomic E-state index is 12.5. The van der Waals surface area contributed by atoms with Crippen LogP contribution >= 0.6 is 0 Å². The number of methoxy groups -OCH3 is 1. The van der Waals surface area contributed by atoms with Crippen molar-refractivity contribution in [3.05, 3.63) is 48.3 Å². The second-order valence-corrected chi connectivity index (χ2v) is 5.53. The number of amides is 2. The molecule has 24 heavy (non-hydrogen) atoms. The lowest BCUT2D eigenvalue weighted by Gasteiger charge is -2.16. The van der Waals surface area contributed by atoms with E-state index >= 15 is 0 Å². The van der Waals surface area contributed by atoms with Crippen LogP contribution in [0.3, 0.4) is 0 Å². The normalized spacial score (nSPS) is 16.7. The molecule has 2 aromatic rings. The highest BCUT2D eigenvalue weighted by atomic mass is 16.5. The van der Waals surface area contributed by atoms with Gasteiger partial charge in [0.05, 0.1) is 18.6 Å². The Hall–Kier alpha value is -2.96. The van der Waals surface area contributed by atoms with Crippen LogP contribution in [0.2, 0.25) is 0 Å². The van der Waals surface area contributed by atoms with Gasteiger partial charge in [-0.3, -0.25) is 9.59 Å². The number of carbonyl (C=O) groups excluding carboxylic acids is 2. The molecule has 3 rings (SSSR count). The molecular formula is C17H18N4O3. The number of pyridine rings is 2. The Morgan fingerprint density at radius 3 is 2.79 bits per heavy atom. The second-order valence-electron chi connectivity index (χ2n) is 5.53. The number of ether oxygens (including phenoxy) is 1. The van der Waals surface area contributed by atoms with Gasteiger partial charge in [-0.25, -0.2) is 9.97 Å². The predicted molar refractivity (Wildman–Crippen MR) is 87.7 cm³/mol. The minimum atomic E-state index is -0.234. The van der Waals surface area contributed by atoms with Gasteiger partial charge in [0.1, 0.15) is 5.82 Å². The lowest BCUT2D eigenvalue weighted by molar-refractivity contribution is -0.119. The van der Waals surface area contributed by atoms with Crippen molar-refractivity contribution < 1.29 is 14.3 Å². The summed E-state index contributed by atoms with van der Waals surface area (Å²) >= 11 is 0. The molecule has 0 bridgehead atoms. The number of nitrogens with zero attached hydrogens (tertiary/aromatic N) is 3. The molecule has 0 spiro atoms. The topological polar surface area (TPSA) is 84.4 Å². The molecule has 124 valence electrons. The molecule has 0 saturated carbocycles. The summed E-state index contributed by atoms with van der Waals surface area (Å²) < 4.78 is 4.98. The highest BCUT2D eigenvalue weighted by Crippen LogP contribution is 2.20. The maximum Gasteiger partial charge on any atom is 0.255 e. The van der Waals surface area contributed by atoms with Crippen LogP contribution < -0.4 is 10.1 Å². The summed E-state index contributed by atoms with van der Waals surface area (Å²) in [6.45, 7) is 0.939. The smallest absolute Gasteiger partial charge is 0.255 e. The van der Waals surface area contributed by atoms with Gasteiger partial charge in [-0.1, -0.05) is 6.07 Å². The molecule has 0 aromatic carbocycles. The van der Waals surface area contributed by atoms with Gasteiger partial charge in [0.25, 0.3) is 5.91 Å². The third-order valence-electron chi connectivity index (χ3n) is 3.95. The van der Waals surface area contributed by atoms with E-state index in [-0.39, 0.29) is 17.7 Å². The van der Waals surface area contributed by atoms with Crippen molar-refractivity contribution in [2.24, 2.45) is 5.92 Å². The molecule has 2 aromatic heterocycles. The van der Waals surface area contributed by atoms with E-state index in [9.17, 15) is 9.59 Å². The zero-order valence-electron chi connectivity index (χ0n) is 13.3. The SMILES string of the molecule is COc1ccc(C(=O)N2CCC(C(=O)Nc3ccccn3)C2)cn1. The minimum absolute atomic E-state index is 0.114. The first kappa shape index (κ1) is 15.9. The van der Waals surface area contributed by atoms with Crippen LogP contribution in [0.1, 0.15) is 16.8 Å². The number of likely N-dealkylation sites (tertiary alicyclic amines) is 1. The Kier molecular flexibility index (Phi) is 4.69. The van der Waals surface area contributed by atoms with Crippen LogP contribution in [0.15, 0.2) is 42.7 Å². The first-order chi connectivity index (χ1) is 11.7. The molecule has 7 heteroatoms. The number of aromatic nitrogens is 2. The van der Waals surface area contributed by atoms with Crippen molar-refractivity contribution >= 4 is 17.6 Å². The second kappa shape index (κ2) is 7.08. The number of anilines is 1. The Morgan fingerprint density at radius 1 is 1.25 bits per heavy atom. The molecule has 7 nitrogen and oxygen atoms in total. The summed E-state index contributed by atoms with van der Waals surface area (Å²) in [5.74, 6) is 0.504.